The van der Waals surface area contributed by atoms with Gasteiger partial charge in [0.1, 0.15) is 22.7 Å². The van der Waals surface area contributed by atoms with E-state index in [9.17, 15) is 14.6 Å². The third-order valence-electron chi connectivity index (χ3n) is 5.55. The summed E-state index contributed by atoms with van der Waals surface area (Å²) in [7, 11) is 0. The van der Waals surface area contributed by atoms with Crippen LogP contribution in [0.1, 0.15) is 38.9 Å². The van der Waals surface area contributed by atoms with E-state index in [0.717, 1.165) is 12.1 Å². The molecule has 30 heavy (non-hydrogen) atoms. The third-order valence-corrected chi connectivity index (χ3v) is 5.55. The SMILES string of the molecule is Cc1cc(C(c2cc(C)c(O)c(C)c2)(c2ccccc2F)C(F)(F)F)cc(C)c1O. The molecule has 3 rings (SSSR count). The summed E-state index contributed by atoms with van der Waals surface area (Å²) in [5, 5.41) is 20.3. The van der Waals surface area contributed by atoms with Crippen LogP contribution in [0.2, 0.25) is 0 Å². The van der Waals surface area contributed by atoms with Crippen molar-refractivity contribution in [3.63, 3.8) is 0 Å². The van der Waals surface area contributed by atoms with Gasteiger partial charge in [0, 0.05) is 5.56 Å². The smallest absolute Gasteiger partial charge is 0.406 e. The molecule has 3 aromatic carbocycles. The van der Waals surface area contributed by atoms with Gasteiger partial charge in [-0.2, -0.15) is 13.2 Å². The number of phenolic OH excluding ortho intramolecular Hbond substituents is 2. The molecule has 0 atom stereocenters. The normalized spacial score (nSPS) is 12.3. The minimum atomic E-state index is -4.93. The quantitative estimate of drug-likeness (QED) is 0.383. The average Bonchev–Trinajstić information content (AvgIpc) is 2.65. The summed E-state index contributed by atoms with van der Waals surface area (Å²) >= 11 is 0. The van der Waals surface area contributed by atoms with E-state index in [4.69, 9.17) is 0 Å². The van der Waals surface area contributed by atoms with Crippen LogP contribution < -0.4 is 0 Å². The minimum absolute atomic E-state index is 0.110. The first kappa shape index (κ1) is 21.7. The van der Waals surface area contributed by atoms with Crippen molar-refractivity contribution in [3.05, 3.63) is 93.3 Å². The van der Waals surface area contributed by atoms with Gasteiger partial charge >= 0.3 is 6.18 Å². The van der Waals surface area contributed by atoms with Crippen LogP contribution in [0.5, 0.6) is 11.5 Å². The van der Waals surface area contributed by atoms with Gasteiger partial charge in [-0.15, -0.1) is 0 Å². The zero-order valence-corrected chi connectivity index (χ0v) is 17.0. The lowest BCUT2D eigenvalue weighted by Gasteiger charge is -2.38. The molecule has 3 aromatic rings. The number of aryl methyl sites for hydroxylation is 4. The van der Waals surface area contributed by atoms with Gasteiger partial charge in [-0.1, -0.05) is 42.5 Å². The van der Waals surface area contributed by atoms with Gasteiger partial charge in [0.15, 0.2) is 0 Å². The molecular weight excluding hydrogens is 396 g/mol. The second-order valence-corrected chi connectivity index (χ2v) is 7.64. The van der Waals surface area contributed by atoms with Crippen molar-refractivity contribution in [2.75, 3.05) is 0 Å². The topological polar surface area (TPSA) is 40.5 Å². The van der Waals surface area contributed by atoms with Crippen molar-refractivity contribution in [2.24, 2.45) is 0 Å². The molecule has 6 heteroatoms. The first-order chi connectivity index (χ1) is 13.9. The molecule has 0 heterocycles. The summed E-state index contributed by atoms with van der Waals surface area (Å²) in [6.45, 7) is 6.01. The van der Waals surface area contributed by atoms with E-state index in [1.807, 2.05) is 0 Å². The van der Waals surface area contributed by atoms with E-state index < -0.39 is 23.0 Å². The number of halogens is 4. The van der Waals surface area contributed by atoms with Crippen LogP contribution in [0.3, 0.4) is 0 Å². The van der Waals surface area contributed by atoms with Gasteiger partial charge < -0.3 is 10.2 Å². The minimum Gasteiger partial charge on any atom is -0.507 e. The molecule has 0 fully saturated rings. The third kappa shape index (κ3) is 3.20. The first-order valence-corrected chi connectivity index (χ1v) is 9.34. The van der Waals surface area contributed by atoms with Crippen LogP contribution in [0.25, 0.3) is 0 Å². The summed E-state index contributed by atoms with van der Waals surface area (Å²) in [4.78, 5) is 0. The highest BCUT2D eigenvalue weighted by atomic mass is 19.4. The standard InChI is InChI=1S/C24H22F4O2/c1-13-9-17(10-14(2)21(13)29)23(24(26,27)28,19-7-5-6-8-20(19)25)18-11-15(3)22(30)16(4)12-18/h5-12,29-30H,1-4H3. The Balaban J connectivity index is 2.58. The number of phenols is 2. The Morgan fingerprint density at radius 1 is 0.667 bits per heavy atom. The van der Waals surface area contributed by atoms with Crippen LogP contribution in [-0.2, 0) is 5.41 Å². The molecule has 0 saturated carbocycles. The monoisotopic (exact) mass is 418 g/mol. The van der Waals surface area contributed by atoms with Crippen molar-refractivity contribution in [2.45, 2.75) is 39.3 Å². The highest BCUT2D eigenvalue weighted by Gasteiger charge is 2.59. The highest BCUT2D eigenvalue weighted by Crippen LogP contribution is 2.53. The van der Waals surface area contributed by atoms with Crippen molar-refractivity contribution in [1.82, 2.24) is 0 Å². The fourth-order valence-electron chi connectivity index (χ4n) is 4.07. The van der Waals surface area contributed by atoms with Gasteiger partial charge in [-0.05, 0) is 67.1 Å². The van der Waals surface area contributed by atoms with Crippen LogP contribution in [0.15, 0.2) is 48.5 Å². The second-order valence-electron chi connectivity index (χ2n) is 7.64. The number of aromatic hydroxyl groups is 2. The maximum atomic E-state index is 15.0. The Kier molecular flexibility index (Phi) is 5.31. The van der Waals surface area contributed by atoms with Crippen LogP contribution in [0.4, 0.5) is 17.6 Å². The van der Waals surface area contributed by atoms with Gasteiger partial charge in [0.05, 0.1) is 0 Å². The Hall–Kier alpha value is -3.02. The van der Waals surface area contributed by atoms with Crippen molar-refractivity contribution < 1.29 is 27.8 Å². The molecule has 0 aliphatic heterocycles. The predicted molar refractivity (Wildman–Crippen MR) is 107 cm³/mol. The first-order valence-electron chi connectivity index (χ1n) is 9.34. The predicted octanol–water partition coefficient (Wildman–Crippen LogP) is 6.37. The maximum absolute atomic E-state index is 15.0. The van der Waals surface area contributed by atoms with E-state index in [1.54, 1.807) is 0 Å². The number of hydrogen-bond donors (Lipinski definition) is 2. The number of alkyl halides is 3. The van der Waals surface area contributed by atoms with Crippen molar-refractivity contribution in [1.29, 1.82) is 0 Å². The number of benzene rings is 3. The molecule has 2 nitrogen and oxygen atoms in total. The molecule has 2 N–H and O–H groups in total. The summed E-state index contributed by atoms with van der Waals surface area (Å²) in [5.41, 5.74) is -2.81. The lowest BCUT2D eigenvalue weighted by molar-refractivity contribution is -0.167. The molecule has 0 bridgehead atoms. The van der Waals surface area contributed by atoms with E-state index in [-0.39, 0.29) is 44.9 Å². The van der Waals surface area contributed by atoms with E-state index >= 15 is 13.2 Å². The Bertz CT molecular complexity index is 1010. The second kappa shape index (κ2) is 7.35. The summed E-state index contributed by atoms with van der Waals surface area (Å²) < 4.78 is 60.1. The molecule has 0 aliphatic carbocycles. The summed E-state index contributed by atoms with van der Waals surface area (Å²) in [5.74, 6) is -1.22. The number of rotatable bonds is 3. The lowest BCUT2D eigenvalue weighted by atomic mass is 9.67. The van der Waals surface area contributed by atoms with Crippen molar-refractivity contribution in [3.8, 4) is 11.5 Å². The Morgan fingerprint density at radius 3 is 1.37 bits per heavy atom. The molecule has 0 saturated heterocycles. The maximum Gasteiger partial charge on any atom is 0.406 e. The fraction of sp³-hybridized carbons (Fsp3) is 0.250. The van der Waals surface area contributed by atoms with Gasteiger partial charge in [0.25, 0.3) is 0 Å². The molecular formula is C24H22F4O2. The summed E-state index contributed by atoms with van der Waals surface area (Å²) in [6, 6.07) is 9.76. The molecule has 0 aromatic heterocycles. The molecule has 0 unspecified atom stereocenters. The largest absolute Gasteiger partial charge is 0.507 e. The zero-order valence-electron chi connectivity index (χ0n) is 17.0. The van der Waals surface area contributed by atoms with Crippen LogP contribution in [-0.4, -0.2) is 16.4 Å². The van der Waals surface area contributed by atoms with E-state index in [1.165, 1.54) is 64.1 Å². The van der Waals surface area contributed by atoms with E-state index in [2.05, 4.69) is 0 Å². The van der Waals surface area contributed by atoms with Gasteiger partial charge in [-0.3, -0.25) is 0 Å². The van der Waals surface area contributed by atoms with Crippen molar-refractivity contribution >= 4 is 0 Å². The zero-order chi connectivity index (χ0) is 22.4. The molecule has 0 aliphatic rings. The molecule has 0 radical (unpaired) electrons. The number of hydrogen-bond acceptors (Lipinski definition) is 2. The average molecular weight is 418 g/mol. The molecule has 158 valence electrons. The lowest BCUT2D eigenvalue weighted by Crippen LogP contribution is -2.45. The van der Waals surface area contributed by atoms with E-state index in [0.29, 0.717) is 0 Å². The molecule has 0 amide bonds. The fourth-order valence-corrected chi connectivity index (χ4v) is 4.07. The Labute approximate surface area is 172 Å². The van der Waals surface area contributed by atoms with Crippen LogP contribution >= 0.6 is 0 Å². The molecule has 0 spiro atoms. The van der Waals surface area contributed by atoms with Gasteiger partial charge in [0.2, 0.25) is 0 Å². The Morgan fingerprint density at radius 2 is 1.03 bits per heavy atom. The summed E-state index contributed by atoms with van der Waals surface area (Å²) in [6.07, 6.45) is -4.93. The van der Waals surface area contributed by atoms with Crippen LogP contribution in [0, 0.1) is 33.5 Å². The van der Waals surface area contributed by atoms with Gasteiger partial charge in [-0.25, -0.2) is 4.39 Å². The highest BCUT2D eigenvalue weighted by molar-refractivity contribution is 5.59.